The molecular formula is C24H28N6O2. The topological polar surface area (TPSA) is 85.7 Å². The van der Waals surface area contributed by atoms with Gasteiger partial charge in [0.15, 0.2) is 0 Å². The maximum atomic E-state index is 12.9. The first kappa shape index (κ1) is 20.8. The standard InChI is InChI=1S/C24H28N6O2/c31-22-16-30(15-19(22)14-20-7-6-18-4-1-2-5-21(18)27-20)23(32)17-28-10-12-29(13-11-28)24-25-8-3-9-26-24/h1-9,19,22,31H,10-17H2/t19-,22-/m1/s1. The van der Waals surface area contributed by atoms with Crippen LogP contribution in [-0.4, -0.2) is 87.7 Å². The van der Waals surface area contributed by atoms with Crippen LogP contribution in [0.3, 0.4) is 0 Å². The van der Waals surface area contributed by atoms with Crippen LogP contribution in [0.1, 0.15) is 5.69 Å². The molecule has 2 aliphatic rings. The number of likely N-dealkylation sites (tertiary alicyclic amines) is 1. The van der Waals surface area contributed by atoms with Crippen molar-refractivity contribution < 1.29 is 9.90 Å². The van der Waals surface area contributed by atoms with E-state index in [4.69, 9.17) is 4.98 Å². The lowest BCUT2D eigenvalue weighted by atomic mass is 9.99. The van der Waals surface area contributed by atoms with Crippen molar-refractivity contribution >= 4 is 22.8 Å². The number of fused-ring (bicyclic) bond motifs is 1. The van der Waals surface area contributed by atoms with Crippen molar-refractivity contribution in [2.75, 3.05) is 50.7 Å². The van der Waals surface area contributed by atoms with Gasteiger partial charge < -0.3 is 14.9 Å². The number of hydrogen-bond acceptors (Lipinski definition) is 7. The Morgan fingerprint density at radius 3 is 2.56 bits per heavy atom. The number of rotatable bonds is 5. The fourth-order valence-corrected chi connectivity index (χ4v) is 4.60. The number of benzene rings is 1. The maximum Gasteiger partial charge on any atom is 0.236 e. The first-order chi connectivity index (χ1) is 15.7. The quantitative estimate of drug-likeness (QED) is 0.649. The van der Waals surface area contributed by atoms with E-state index in [1.54, 1.807) is 12.4 Å². The number of pyridine rings is 1. The molecule has 5 rings (SSSR count). The Hall–Kier alpha value is -3.10. The third-order valence-corrected chi connectivity index (χ3v) is 6.45. The molecule has 8 nitrogen and oxygen atoms in total. The minimum Gasteiger partial charge on any atom is -0.391 e. The molecule has 0 radical (unpaired) electrons. The van der Waals surface area contributed by atoms with Gasteiger partial charge in [0.05, 0.1) is 18.2 Å². The molecule has 0 bridgehead atoms. The van der Waals surface area contributed by atoms with Gasteiger partial charge in [-0.2, -0.15) is 0 Å². The summed E-state index contributed by atoms with van der Waals surface area (Å²) in [6, 6.07) is 13.9. The molecule has 32 heavy (non-hydrogen) atoms. The van der Waals surface area contributed by atoms with Crippen molar-refractivity contribution in [1.82, 2.24) is 24.8 Å². The average molecular weight is 433 g/mol. The maximum absolute atomic E-state index is 12.9. The van der Waals surface area contributed by atoms with Gasteiger partial charge in [0, 0.05) is 68.7 Å². The van der Waals surface area contributed by atoms with Gasteiger partial charge in [0.2, 0.25) is 11.9 Å². The van der Waals surface area contributed by atoms with Crippen LogP contribution in [0.4, 0.5) is 5.95 Å². The summed E-state index contributed by atoms with van der Waals surface area (Å²) in [5, 5.41) is 11.7. The number of nitrogens with zero attached hydrogens (tertiary/aromatic N) is 6. The Balaban J connectivity index is 1.13. The zero-order valence-electron chi connectivity index (χ0n) is 18.0. The predicted molar refractivity (Wildman–Crippen MR) is 122 cm³/mol. The van der Waals surface area contributed by atoms with E-state index in [1.807, 2.05) is 41.3 Å². The molecule has 166 valence electrons. The van der Waals surface area contributed by atoms with Gasteiger partial charge in [-0.1, -0.05) is 24.3 Å². The molecule has 1 aromatic carbocycles. The van der Waals surface area contributed by atoms with Gasteiger partial charge in [-0.25, -0.2) is 9.97 Å². The van der Waals surface area contributed by atoms with E-state index in [9.17, 15) is 9.90 Å². The Morgan fingerprint density at radius 1 is 0.969 bits per heavy atom. The highest BCUT2D eigenvalue weighted by Crippen LogP contribution is 2.23. The summed E-state index contributed by atoms with van der Waals surface area (Å²) in [5.41, 5.74) is 1.92. The molecule has 2 fully saturated rings. The summed E-state index contributed by atoms with van der Waals surface area (Å²) >= 11 is 0. The van der Waals surface area contributed by atoms with E-state index in [1.165, 1.54) is 0 Å². The van der Waals surface area contributed by atoms with Crippen molar-refractivity contribution in [3.8, 4) is 0 Å². The van der Waals surface area contributed by atoms with Crippen molar-refractivity contribution in [3.63, 3.8) is 0 Å². The first-order valence-corrected chi connectivity index (χ1v) is 11.2. The highest BCUT2D eigenvalue weighted by molar-refractivity contribution is 5.79. The second kappa shape index (κ2) is 9.18. The molecule has 2 atom stereocenters. The Morgan fingerprint density at radius 2 is 1.75 bits per heavy atom. The molecule has 2 aromatic heterocycles. The van der Waals surface area contributed by atoms with Crippen LogP contribution in [-0.2, 0) is 11.2 Å². The molecule has 0 aliphatic carbocycles. The minimum atomic E-state index is -0.515. The number of carbonyl (C=O) groups excluding carboxylic acids is 1. The van der Waals surface area contributed by atoms with E-state index in [-0.39, 0.29) is 11.8 Å². The molecule has 0 spiro atoms. The number of carbonyl (C=O) groups is 1. The molecular weight excluding hydrogens is 404 g/mol. The summed E-state index contributed by atoms with van der Waals surface area (Å²) in [6.07, 6.45) is 3.66. The Kier molecular flexibility index (Phi) is 5.96. The van der Waals surface area contributed by atoms with E-state index in [2.05, 4.69) is 25.8 Å². The van der Waals surface area contributed by atoms with Gasteiger partial charge in [-0.05, 0) is 24.6 Å². The second-order valence-electron chi connectivity index (χ2n) is 8.64. The summed E-state index contributed by atoms with van der Waals surface area (Å²) in [6.45, 7) is 4.56. The molecule has 2 aliphatic heterocycles. The number of β-amino-alcohol motifs (C(OH)–C–C–N with tert-alkyl or cyclic N) is 1. The Labute approximate surface area is 187 Å². The second-order valence-corrected chi connectivity index (χ2v) is 8.64. The normalized spacial score (nSPS) is 21.9. The van der Waals surface area contributed by atoms with Crippen LogP contribution in [0.2, 0.25) is 0 Å². The highest BCUT2D eigenvalue weighted by Gasteiger charge is 2.35. The average Bonchev–Trinajstić information content (AvgIpc) is 3.20. The highest BCUT2D eigenvalue weighted by atomic mass is 16.3. The first-order valence-electron chi connectivity index (χ1n) is 11.2. The van der Waals surface area contributed by atoms with Crippen LogP contribution < -0.4 is 4.90 Å². The molecule has 8 heteroatoms. The zero-order chi connectivity index (χ0) is 21.9. The van der Waals surface area contributed by atoms with Gasteiger partial charge in [-0.3, -0.25) is 14.7 Å². The van der Waals surface area contributed by atoms with Crippen LogP contribution in [0, 0.1) is 5.92 Å². The van der Waals surface area contributed by atoms with Crippen molar-refractivity contribution in [2.24, 2.45) is 5.92 Å². The molecule has 0 saturated carbocycles. The van der Waals surface area contributed by atoms with Crippen LogP contribution >= 0.6 is 0 Å². The fraction of sp³-hybridized carbons (Fsp3) is 0.417. The third-order valence-electron chi connectivity index (χ3n) is 6.45. The lowest BCUT2D eigenvalue weighted by molar-refractivity contribution is -0.131. The van der Waals surface area contributed by atoms with E-state index >= 15 is 0 Å². The SMILES string of the molecule is O=C(CN1CCN(c2ncccn2)CC1)N1C[C@@H](Cc2ccc3ccccc3n2)[C@H](O)C1. The number of hydrogen-bond donors (Lipinski definition) is 1. The van der Waals surface area contributed by atoms with Crippen LogP contribution in [0.25, 0.3) is 10.9 Å². The zero-order valence-corrected chi connectivity index (χ0v) is 18.0. The summed E-state index contributed by atoms with van der Waals surface area (Å²) in [5.74, 6) is 0.841. The summed E-state index contributed by atoms with van der Waals surface area (Å²) < 4.78 is 0. The van der Waals surface area contributed by atoms with Crippen molar-refractivity contribution in [1.29, 1.82) is 0 Å². The number of para-hydroxylation sites is 1. The van der Waals surface area contributed by atoms with E-state index < -0.39 is 6.10 Å². The molecule has 3 aromatic rings. The molecule has 4 heterocycles. The number of aliphatic hydroxyl groups is 1. The van der Waals surface area contributed by atoms with E-state index in [0.29, 0.717) is 26.1 Å². The third kappa shape index (κ3) is 4.56. The van der Waals surface area contributed by atoms with Crippen molar-refractivity contribution in [3.05, 3.63) is 60.6 Å². The van der Waals surface area contributed by atoms with E-state index in [0.717, 1.165) is 48.7 Å². The Bertz CT molecular complexity index is 1070. The number of piperazine rings is 1. The van der Waals surface area contributed by atoms with Crippen molar-refractivity contribution in [2.45, 2.75) is 12.5 Å². The number of aromatic nitrogens is 3. The lowest BCUT2D eigenvalue weighted by Gasteiger charge is -2.34. The number of amides is 1. The predicted octanol–water partition coefficient (Wildman–Crippen LogP) is 1.21. The minimum absolute atomic E-state index is 0.0136. The molecule has 1 amide bonds. The molecule has 1 N–H and O–H groups in total. The lowest BCUT2D eigenvalue weighted by Crippen LogP contribution is -2.50. The van der Waals surface area contributed by atoms with Gasteiger partial charge in [0.1, 0.15) is 0 Å². The molecule has 2 saturated heterocycles. The van der Waals surface area contributed by atoms with Gasteiger partial charge in [-0.15, -0.1) is 0 Å². The molecule has 0 unspecified atom stereocenters. The monoisotopic (exact) mass is 432 g/mol. The van der Waals surface area contributed by atoms with Gasteiger partial charge in [0.25, 0.3) is 0 Å². The fourth-order valence-electron chi connectivity index (χ4n) is 4.60. The summed E-state index contributed by atoms with van der Waals surface area (Å²) in [7, 11) is 0. The largest absolute Gasteiger partial charge is 0.391 e. The number of anilines is 1. The smallest absolute Gasteiger partial charge is 0.236 e. The summed E-state index contributed by atoms with van der Waals surface area (Å²) in [4.78, 5) is 32.4. The van der Waals surface area contributed by atoms with Crippen LogP contribution in [0.15, 0.2) is 54.9 Å². The van der Waals surface area contributed by atoms with Gasteiger partial charge >= 0.3 is 0 Å². The number of aliphatic hydroxyl groups excluding tert-OH is 1. The van der Waals surface area contributed by atoms with Crippen LogP contribution in [0.5, 0.6) is 0 Å².